The van der Waals surface area contributed by atoms with Crippen molar-refractivity contribution in [3.8, 4) is 5.75 Å². The van der Waals surface area contributed by atoms with Crippen molar-refractivity contribution in [2.45, 2.75) is 12.8 Å². The Morgan fingerprint density at radius 2 is 2.00 bits per heavy atom. The molecule has 1 heterocycles. The highest BCUT2D eigenvalue weighted by Gasteiger charge is 2.13. The van der Waals surface area contributed by atoms with E-state index in [1.807, 2.05) is 0 Å². The van der Waals surface area contributed by atoms with E-state index in [-0.39, 0.29) is 0 Å². The first-order valence-electron chi connectivity index (χ1n) is 7.35. The van der Waals surface area contributed by atoms with E-state index in [0.29, 0.717) is 0 Å². The molecule has 0 N–H and O–H groups in total. The Labute approximate surface area is 122 Å². The molecule has 0 bridgehead atoms. The number of nitrogens with zero attached hydrogens (tertiary/aromatic N) is 2. The lowest BCUT2D eigenvalue weighted by molar-refractivity contribution is 0.122. The van der Waals surface area contributed by atoms with Gasteiger partial charge in [-0.1, -0.05) is 6.07 Å². The first-order valence-corrected chi connectivity index (χ1v) is 7.35. The van der Waals surface area contributed by atoms with Crippen LogP contribution in [0.3, 0.4) is 0 Å². The zero-order valence-corrected chi connectivity index (χ0v) is 12.9. The van der Waals surface area contributed by atoms with Gasteiger partial charge >= 0.3 is 0 Å². The van der Waals surface area contributed by atoms with Crippen molar-refractivity contribution in [3.63, 3.8) is 0 Å². The van der Waals surface area contributed by atoms with Crippen LogP contribution < -0.4 is 9.64 Å². The van der Waals surface area contributed by atoms with Crippen LogP contribution in [0.15, 0.2) is 18.2 Å². The molecule has 0 saturated carbocycles. The van der Waals surface area contributed by atoms with E-state index in [1.165, 1.54) is 11.3 Å². The van der Waals surface area contributed by atoms with E-state index in [1.54, 1.807) is 7.11 Å². The van der Waals surface area contributed by atoms with Gasteiger partial charge in [0.1, 0.15) is 5.75 Å². The summed E-state index contributed by atoms with van der Waals surface area (Å²) in [4.78, 5) is 4.57. The van der Waals surface area contributed by atoms with Gasteiger partial charge in [-0.15, -0.1) is 0 Å². The number of benzene rings is 1. The summed E-state index contributed by atoms with van der Waals surface area (Å²) in [6, 6.07) is 6.58. The van der Waals surface area contributed by atoms with Gasteiger partial charge in [-0.05, 0) is 45.1 Å². The summed E-state index contributed by atoms with van der Waals surface area (Å²) in [6.45, 7) is 4.65. The number of hydrogen-bond donors (Lipinski definition) is 0. The average molecular weight is 278 g/mol. The molecule has 112 valence electrons. The lowest BCUT2D eigenvalue weighted by atomic mass is 10.1. The van der Waals surface area contributed by atoms with Crippen molar-refractivity contribution in [1.29, 1.82) is 0 Å². The zero-order chi connectivity index (χ0) is 14.4. The Morgan fingerprint density at radius 1 is 1.25 bits per heavy atom. The third-order valence-electron chi connectivity index (χ3n) is 3.70. The van der Waals surface area contributed by atoms with Gasteiger partial charge in [-0.25, -0.2) is 0 Å². The van der Waals surface area contributed by atoms with Crippen molar-refractivity contribution in [2.75, 3.05) is 59.0 Å². The number of anilines is 1. The smallest absolute Gasteiger partial charge is 0.124 e. The molecule has 0 spiro atoms. The largest absolute Gasteiger partial charge is 0.496 e. The van der Waals surface area contributed by atoms with Crippen molar-refractivity contribution in [3.05, 3.63) is 23.8 Å². The summed E-state index contributed by atoms with van der Waals surface area (Å²) in [5.41, 5.74) is 2.54. The maximum absolute atomic E-state index is 5.56. The standard InChI is InChI=1S/C16H26N2O2/c1-17(2)8-4-5-14-6-7-15(13-16(14)19-3)18-9-11-20-12-10-18/h6-7,13H,4-5,8-12H2,1-3H3. The minimum absolute atomic E-state index is 0.812. The number of rotatable bonds is 6. The Kier molecular flexibility index (Phi) is 5.68. The molecular formula is C16H26N2O2. The molecule has 1 saturated heterocycles. The molecule has 1 fully saturated rings. The lowest BCUT2D eigenvalue weighted by Crippen LogP contribution is -2.36. The highest BCUT2D eigenvalue weighted by molar-refractivity contribution is 5.54. The predicted octanol–water partition coefficient (Wildman–Crippen LogP) is 2.03. The SMILES string of the molecule is COc1cc(N2CCOCC2)ccc1CCCN(C)C. The van der Waals surface area contributed by atoms with E-state index in [4.69, 9.17) is 9.47 Å². The van der Waals surface area contributed by atoms with Crippen LogP contribution in [-0.4, -0.2) is 59.0 Å². The number of ether oxygens (including phenoxy) is 2. The molecule has 0 aromatic heterocycles. The van der Waals surface area contributed by atoms with Gasteiger partial charge in [-0.3, -0.25) is 0 Å². The minimum atomic E-state index is 0.812. The molecule has 1 aliphatic heterocycles. The summed E-state index contributed by atoms with van der Waals surface area (Å²) in [7, 11) is 5.98. The monoisotopic (exact) mass is 278 g/mol. The van der Waals surface area contributed by atoms with Crippen molar-refractivity contribution in [2.24, 2.45) is 0 Å². The second kappa shape index (κ2) is 7.50. The van der Waals surface area contributed by atoms with E-state index >= 15 is 0 Å². The molecule has 2 rings (SSSR count). The molecule has 1 aromatic rings. The Bertz CT molecular complexity index is 415. The number of morpholine rings is 1. The fourth-order valence-corrected chi connectivity index (χ4v) is 2.54. The fourth-order valence-electron chi connectivity index (χ4n) is 2.54. The number of methoxy groups -OCH3 is 1. The van der Waals surface area contributed by atoms with Gasteiger partial charge in [0.25, 0.3) is 0 Å². The summed E-state index contributed by atoms with van der Waals surface area (Å²) < 4.78 is 11.0. The van der Waals surface area contributed by atoms with E-state index < -0.39 is 0 Å². The van der Waals surface area contributed by atoms with Crippen LogP contribution in [-0.2, 0) is 11.2 Å². The molecule has 1 aromatic carbocycles. The maximum atomic E-state index is 5.56. The maximum Gasteiger partial charge on any atom is 0.124 e. The van der Waals surface area contributed by atoms with Crippen LogP contribution >= 0.6 is 0 Å². The molecule has 4 nitrogen and oxygen atoms in total. The first-order chi connectivity index (χ1) is 9.70. The van der Waals surface area contributed by atoms with Crippen LogP contribution in [0, 0.1) is 0 Å². The van der Waals surface area contributed by atoms with Crippen LogP contribution in [0.4, 0.5) is 5.69 Å². The highest BCUT2D eigenvalue weighted by atomic mass is 16.5. The third kappa shape index (κ3) is 4.12. The van der Waals surface area contributed by atoms with Gasteiger partial charge in [0.2, 0.25) is 0 Å². The van der Waals surface area contributed by atoms with E-state index in [0.717, 1.165) is 51.4 Å². The molecule has 0 atom stereocenters. The van der Waals surface area contributed by atoms with E-state index in [9.17, 15) is 0 Å². The second-order valence-electron chi connectivity index (χ2n) is 5.50. The molecule has 0 aliphatic carbocycles. The molecule has 0 unspecified atom stereocenters. The summed E-state index contributed by atoms with van der Waals surface area (Å²) in [5, 5.41) is 0. The Hall–Kier alpha value is -1.26. The molecule has 1 aliphatic rings. The molecule has 0 radical (unpaired) electrons. The third-order valence-corrected chi connectivity index (χ3v) is 3.70. The Morgan fingerprint density at radius 3 is 2.65 bits per heavy atom. The summed E-state index contributed by atoms with van der Waals surface area (Å²) >= 11 is 0. The molecule has 0 amide bonds. The zero-order valence-electron chi connectivity index (χ0n) is 12.9. The molecule has 20 heavy (non-hydrogen) atoms. The fraction of sp³-hybridized carbons (Fsp3) is 0.625. The van der Waals surface area contributed by atoms with Gasteiger partial charge in [0.05, 0.1) is 20.3 Å². The second-order valence-corrected chi connectivity index (χ2v) is 5.50. The van der Waals surface area contributed by atoms with Gasteiger partial charge < -0.3 is 19.3 Å². The van der Waals surface area contributed by atoms with Crippen LogP contribution in [0.2, 0.25) is 0 Å². The summed E-state index contributed by atoms with van der Waals surface area (Å²) in [6.07, 6.45) is 2.21. The number of hydrogen-bond acceptors (Lipinski definition) is 4. The van der Waals surface area contributed by atoms with Gasteiger partial charge in [0, 0.05) is 24.8 Å². The van der Waals surface area contributed by atoms with Gasteiger partial charge in [0.15, 0.2) is 0 Å². The average Bonchev–Trinajstić information content (AvgIpc) is 2.48. The van der Waals surface area contributed by atoms with Crippen molar-refractivity contribution < 1.29 is 9.47 Å². The minimum Gasteiger partial charge on any atom is -0.496 e. The van der Waals surface area contributed by atoms with Crippen molar-refractivity contribution in [1.82, 2.24) is 4.90 Å². The number of aryl methyl sites for hydroxylation is 1. The van der Waals surface area contributed by atoms with Crippen LogP contribution in [0.25, 0.3) is 0 Å². The van der Waals surface area contributed by atoms with Gasteiger partial charge in [-0.2, -0.15) is 0 Å². The normalized spacial score (nSPS) is 15.7. The molecule has 4 heteroatoms. The lowest BCUT2D eigenvalue weighted by Gasteiger charge is -2.29. The molecular weight excluding hydrogens is 252 g/mol. The quantitative estimate of drug-likeness (QED) is 0.795. The summed E-state index contributed by atoms with van der Waals surface area (Å²) in [5.74, 6) is 1.01. The topological polar surface area (TPSA) is 24.9 Å². The van der Waals surface area contributed by atoms with Crippen LogP contribution in [0.1, 0.15) is 12.0 Å². The van der Waals surface area contributed by atoms with Crippen LogP contribution in [0.5, 0.6) is 5.75 Å². The van der Waals surface area contributed by atoms with Crippen molar-refractivity contribution >= 4 is 5.69 Å². The Balaban J connectivity index is 2.02. The first kappa shape index (κ1) is 15.1. The predicted molar refractivity (Wildman–Crippen MR) is 82.9 cm³/mol. The van der Waals surface area contributed by atoms with E-state index in [2.05, 4.69) is 42.1 Å². The highest BCUT2D eigenvalue weighted by Crippen LogP contribution is 2.27.